The van der Waals surface area contributed by atoms with Crippen LogP contribution in [0.4, 0.5) is 9.93 Å². The van der Waals surface area contributed by atoms with E-state index in [2.05, 4.69) is 14.7 Å². The quantitative estimate of drug-likeness (QED) is 0.852. The Morgan fingerprint density at radius 1 is 1.55 bits per heavy atom. The molecule has 0 saturated carbocycles. The lowest BCUT2D eigenvalue weighted by atomic mass is 10.0. The third-order valence-electron chi connectivity index (χ3n) is 3.11. The number of nitrogens with zero attached hydrogens (tertiary/aromatic N) is 3. The molecule has 2 heterocycles. The molecule has 2 atom stereocenters. The molecule has 2 amide bonds. The van der Waals surface area contributed by atoms with Gasteiger partial charge in [0.1, 0.15) is 11.7 Å². The number of rotatable bonds is 4. The molecule has 2 N–H and O–H groups in total. The monoisotopic (exact) mass is 300 g/mol. The molecule has 1 aliphatic rings. The summed E-state index contributed by atoms with van der Waals surface area (Å²) in [4.78, 5) is 28.9. The molecule has 1 aliphatic heterocycles. The first-order chi connectivity index (χ1) is 9.52. The van der Waals surface area contributed by atoms with Crippen molar-refractivity contribution in [2.24, 2.45) is 5.92 Å². The van der Waals surface area contributed by atoms with Crippen LogP contribution >= 0.6 is 11.5 Å². The molecule has 0 aliphatic carbocycles. The second-order valence-corrected chi connectivity index (χ2v) is 5.16. The zero-order chi connectivity index (χ0) is 14.7. The van der Waals surface area contributed by atoms with E-state index >= 15 is 0 Å². The first-order valence-corrected chi connectivity index (χ1v) is 6.98. The lowest BCUT2D eigenvalue weighted by molar-refractivity contribution is -0.142. The molecule has 1 saturated heterocycles. The van der Waals surface area contributed by atoms with E-state index in [0.717, 1.165) is 11.5 Å². The van der Waals surface area contributed by atoms with Crippen LogP contribution in [0.2, 0.25) is 0 Å². The highest BCUT2D eigenvalue weighted by molar-refractivity contribution is 7.09. The second-order valence-electron chi connectivity index (χ2n) is 4.41. The SMILES string of the molecule is CCN(C(=O)Nc1nc(C)ns1)C1COCC1C(=O)O. The number of ether oxygens (including phenoxy) is 1. The molecule has 1 fully saturated rings. The van der Waals surface area contributed by atoms with Crippen LogP contribution in [0.1, 0.15) is 12.7 Å². The normalized spacial score (nSPS) is 21.7. The smallest absolute Gasteiger partial charge is 0.324 e. The van der Waals surface area contributed by atoms with E-state index in [-0.39, 0.29) is 19.2 Å². The van der Waals surface area contributed by atoms with Crippen molar-refractivity contribution >= 4 is 28.7 Å². The lowest BCUT2D eigenvalue weighted by Crippen LogP contribution is -2.48. The minimum Gasteiger partial charge on any atom is -0.481 e. The highest BCUT2D eigenvalue weighted by Gasteiger charge is 2.39. The van der Waals surface area contributed by atoms with Crippen molar-refractivity contribution in [2.75, 3.05) is 25.1 Å². The zero-order valence-electron chi connectivity index (χ0n) is 11.2. The largest absolute Gasteiger partial charge is 0.481 e. The number of anilines is 1. The summed E-state index contributed by atoms with van der Waals surface area (Å²) in [7, 11) is 0. The molecule has 1 aromatic heterocycles. The minimum atomic E-state index is -0.953. The van der Waals surface area contributed by atoms with Gasteiger partial charge >= 0.3 is 12.0 Å². The number of amides is 2. The van der Waals surface area contributed by atoms with E-state index in [4.69, 9.17) is 9.84 Å². The van der Waals surface area contributed by atoms with Gasteiger partial charge in [-0.05, 0) is 13.8 Å². The highest BCUT2D eigenvalue weighted by atomic mass is 32.1. The fourth-order valence-electron chi connectivity index (χ4n) is 2.13. The maximum absolute atomic E-state index is 12.2. The van der Waals surface area contributed by atoms with E-state index in [1.54, 1.807) is 13.8 Å². The average Bonchev–Trinajstić information content (AvgIpc) is 3.00. The third-order valence-corrected chi connectivity index (χ3v) is 3.83. The van der Waals surface area contributed by atoms with Gasteiger partial charge < -0.3 is 14.7 Å². The molecular weight excluding hydrogens is 284 g/mol. The van der Waals surface area contributed by atoms with Crippen LogP contribution < -0.4 is 5.32 Å². The number of aryl methyl sites for hydroxylation is 1. The number of aliphatic carboxylic acids is 1. The lowest BCUT2D eigenvalue weighted by Gasteiger charge is -2.28. The van der Waals surface area contributed by atoms with Gasteiger partial charge in [-0.15, -0.1) is 0 Å². The Bertz CT molecular complexity index is 506. The standard InChI is InChI=1S/C11H16N4O4S/c1-3-15(8-5-19-4-7(8)9(16)17)11(18)13-10-12-6(2)14-20-10/h7-8H,3-5H2,1-2H3,(H,16,17)(H,12,13,14,18). The van der Waals surface area contributed by atoms with Gasteiger partial charge in [0, 0.05) is 18.1 Å². The summed E-state index contributed by atoms with van der Waals surface area (Å²) in [6.07, 6.45) is 0. The molecule has 1 aromatic rings. The number of carbonyl (C=O) groups excluding carboxylic acids is 1. The van der Waals surface area contributed by atoms with Crippen molar-refractivity contribution in [1.82, 2.24) is 14.3 Å². The van der Waals surface area contributed by atoms with Gasteiger partial charge in [-0.1, -0.05) is 0 Å². The Kier molecular flexibility index (Phi) is 4.50. The second kappa shape index (κ2) is 6.14. The number of hydrogen-bond donors (Lipinski definition) is 2. The van der Waals surface area contributed by atoms with Gasteiger partial charge in [-0.2, -0.15) is 4.37 Å². The minimum absolute atomic E-state index is 0.127. The molecule has 0 aromatic carbocycles. The molecule has 0 bridgehead atoms. The Balaban J connectivity index is 2.07. The molecule has 110 valence electrons. The first-order valence-electron chi connectivity index (χ1n) is 6.21. The fourth-order valence-corrected chi connectivity index (χ4v) is 2.69. The third kappa shape index (κ3) is 3.05. The zero-order valence-corrected chi connectivity index (χ0v) is 12.0. The number of carboxylic acids is 1. The van der Waals surface area contributed by atoms with Crippen molar-refractivity contribution in [1.29, 1.82) is 0 Å². The number of likely N-dealkylation sites (N-methyl/N-ethyl adjacent to an activating group) is 1. The highest BCUT2D eigenvalue weighted by Crippen LogP contribution is 2.21. The van der Waals surface area contributed by atoms with Crippen LogP contribution in [-0.2, 0) is 9.53 Å². The summed E-state index contributed by atoms with van der Waals surface area (Å²) >= 11 is 1.09. The molecule has 0 spiro atoms. The average molecular weight is 300 g/mol. The van der Waals surface area contributed by atoms with Crippen LogP contribution in [0.3, 0.4) is 0 Å². The molecule has 20 heavy (non-hydrogen) atoms. The van der Waals surface area contributed by atoms with Crippen molar-refractivity contribution < 1.29 is 19.4 Å². The topological polar surface area (TPSA) is 105 Å². The van der Waals surface area contributed by atoms with E-state index in [1.807, 2.05) is 0 Å². The van der Waals surface area contributed by atoms with E-state index in [0.29, 0.717) is 17.5 Å². The van der Waals surface area contributed by atoms with Crippen LogP contribution in [0.15, 0.2) is 0 Å². The Morgan fingerprint density at radius 2 is 2.30 bits per heavy atom. The van der Waals surface area contributed by atoms with Gasteiger partial charge in [-0.3, -0.25) is 10.1 Å². The maximum atomic E-state index is 12.2. The van der Waals surface area contributed by atoms with Gasteiger partial charge in [0.2, 0.25) is 5.13 Å². The van der Waals surface area contributed by atoms with Crippen molar-refractivity contribution in [2.45, 2.75) is 19.9 Å². The molecule has 9 heteroatoms. The first kappa shape index (κ1) is 14.7. The van der Waals surface area contributed by atoms with Gasteiger partial charge in [0.25, 0.3) is 0 Å². The Hall–Kier alpha value is -1.74. The van der Waals surface area contributed by atoms with E-state index in [1.165, 1.54) is 4.90 Å². The van der Waals surface area contributed by atoms with Gasteiger partial charge in [-0.25, -0.2) is 9.78 Å². The Labute approximate surface area is 119 Å². The van der Waals surface area contributed by atoms with Crippen LogP contribution in [0.5, 0.6) is 0 Å². The van der Waals surface area contributed by atoms with E-state index < -0.39 is 17.9 Å². The predicted octanol–water partition coefficient (Wildman–Crippen LogP) is 0.800. The summed E-state index contributed by atoms with van der Waals surface area (Å²) in [5.41, 5.74) is 0. The number of nitrogens with one attached hydrogen (secondary N) is 1. The summed E-state index contributed by atoms with van der Waals surface area (Å²) < 4.78 is 9.16. The number of urea groups is 1. The molecule has 8 nitrogen and oxygen atoms in total. The summed E-state index contributed by atoms with van der Waals surface area (Å²) in [5, 5.41) is 12.2. The van der Waals surface area contributed by atoms with Gasteiger partial charge in [0.05, 0.1) is 19.3 Å². The van der Waals surface area contributed by atoms with Crippen LogP contribution in [-0.4, -0.2) is 57.2 Å². The Morgan fingerprint density at radius 3 is 2.85 bits per heavy atom. The number of aromatic nitrogens is 2. The summed E-state index contributed by atoms with van der Waals surface area (Å²) in [6, 6.07) is -0.850. The van der Waals surface area contributed by atoms with Crippen molar-refractivity contribution in [3.63, 3.8) is 0 Å². The van der Waals surface area contributed by atoms with Crippen LogP contribution in [0.25, 0.3) is 0 Å². The number of carboxylic acid groups (broad SMARTS) is 1. The summed E-state index contributed by atoms with van der Waals surface area (Å²) in [6.45, 7) is 4.27. The molecular formula is C11H16N4O4S. The summed E-state index contributed by atoms with van der Waals surface area (Å²) in [5.74, 6) is -1.07. The maximum Gasteiger partial charge on any atom is 0.324 e. The van der Waals surface area contributed by atoms with E-state index in [9.17, 15) is 9.59 Å². The molecule has 2 unspecified atom stereocenters. The molecule has 2 rings (SSSR count). The fraction of sp³-hybridized carbons (Fsp3) is 0.636. The van der Waals surface area contributed by atoms with Gasteiger partial charge in [0.15, 0.2) is 0 Å². The van der Waals surface area contributed by atoms with Crippen molar-refractivity contribution in [3.8, 4) is 0 Å². The van der Waals surface area contributed by atoms with Crippen molar-refractivity contribution in [3.05, 3.63) is 5.82 Å². The van der Waals surface area contributed by atoms with Crippen LogP contribution in [0, 0.1) is 12.8 Å². The number of carbonyl (C=O) groups is 2. The molecule has 0 radical (unpaired) electrons. The number of hydrogen-bond acceptors (Lipinski definition) is 6. The predicted molar refractivity (Wildman–Crippen MR) is 71.8 cm³/mol.